The normalized spacial score (nSPS) is 14.8. The lowest BCUT2D eigenvalue weighted by molar-refractivity contribution is -0.142. The number of hydrogen-bond acceptors (Lipinski definition) is 6. The van der Waals surface area contributed by atoms with Crippen LogP contribution in [0.3, 0.4) is 0 Å². The number of nitrogens with zero attached hydrogens (tertiary/aromatic N) is 1. The third-order valence-electron chi connectivity index (χ3n) is 3.47. The SMILES string of the molecule is COC(=O)COc1cccc(/C=C2\N=C(c3ccccc3Br)OC2=O)c1. The Labute approximate surface area is 158 Å². The minimum Gasteiger partial charge on any atom is -0.482 e. The number of halogens is 1. The Balaban J connectivity index is 1.82. The summed E-state index contributed by atoms with van der Waals surface area (Å²) in [5, 5.41) is 0. The zero-order valence-electron chi connectivity index (χ0n) is 13.8. The van der Waals surface area contributed by atoms with E-state index in [0.29, 0.717) is 16.9 Å². The molecule has 3 rings (SSSR count). The van der Waals surface area contributed by atoms with Crippen LogP contribution < -0.4 is 4.74 Å². The Hall–Kier alpha value is -2.93. The molecule has 0 spiro atoms. The predicted octanol–water partition coefficient (Wildman–Crippen LogP) is 3.35. The Kier molecular flexibility index (Phi) is 5.48. The first-order valence-electron chi connectivity index (χ1n) is 7.64. The van der Waals surface area contributed by atoms with Crippen LogP contribution in [0.2, 0.25) is 0 Å². The zero-order chi connectivity index (χ0) is 18.5. The molecule has 0 saturated heterocycles. The number of benzene rings is 2. The van der Waals surface area contributed by atoms with Gasteiger partial charge in [0, 0.05) is 4.47 Å². The van der Waals surface area contributed by atoms with Crippen LogP contribution in [0.15, 0.2) is 63.7 Å². The number of aliphatic imine (C=N–C) groups is 1. The molecule has 132 valence electrons. The van der Waals surface area contributed by atoms with E-state index in [0.717, 1.165) is 4.47 Å². The molecule has 2 aromatic carbocycles. The number of rotatable bonds is 5. The van der Waals surface area contributed by atoms with Gasteiger partial charge in [-0.1, -0.05) is 24.3 Å². The second-order valence-electron chi connectivity index (χ2n) is 5.25. The highest BCUT2D eigenvalue weighted by Crippen LogP contribution is 2.24. The number of carbonyl (C=O) groups is 2. The van der Waals surface area contributed by atoms with Crippen LogP contribution in [0.5, 0.6) is 5.75 Å². The Morgan fingerprint density at radius 2 is 2.04 bits per heavy atom. The molecule has 0 amide bonds. The lowest BCUT2D eigenvalue weighted by Gasteiger charge is -2.05. The first kappa shape index (κ1) is 17.9. The third-order valence-corrected chi connectivity index (χ3v) is 4.16. The van der Waals surface area contributed by atoms with E-state index in [2.05, 4.69) is 25.7 Å². The fourth-order valence-electron chi connectivity index (χ4n) is 2.21. The summed E-state index contributed by atoms with van der Waals surface area (Å²) in [5.74, 6) is -0.287. The van der Waals surface area contributed by atoms with Crippen molar-refractivity contribution in [2.24, 2.45) is 4.99 Å². The van der Waals surface area contributed by atoms with Gasteiger partial charge >= 0.3 is 11.9 Å². The fourth-order valence-corrected chi connectivity index (χ4v) is 2.67. The summed E-state index contributed by atoms with van der Waals surface area (Å²) in [5.41, 5.74) is 1.57. The van der Waals surface area contributed by atoms with E-state index in [1.165, 1.54) is 7.11 Å². The third kappa shape index (κ3) is 4.18. The molecule has 0 saturated carbocycles. The number of hydrogen-bond donors (Lipinski definition) is 0. The summed E-state index contributed by atoms with van der Waals surface area (Å²) < 4.78 is 15.9. The molecular formula is C19H14BrNO5. The van der Waals surface area contributed by atoms with E-state index in [-0.39, 0.29) is 18.2 Å². The van der Waals surface area contributed by atoms with Crippen LogP contribution in [0.25, 0.3) is 6.08 Å². The van der Waals surface area contributed by atoms with Gasteiger partial charge in [0.2, 0.25) is 5.90 Å². The molecule has 0 fully saturated rings. The van der Waals surface area contributed by atoms with Crippen molar-refractivity contribution in [1.82, 2.24) is 0 Å². The average molecular weight is 416 g/mol. The highest BCUT2D eigenvalue weighted by molar-refractivity contribution is 9.10. The van der Waals surface area contributed by atoms with Crippen molar-refractivity contribution < 1.29 is 23.8 Å². The minimum atomic E-state index is -0.531. The van der Waals surface area contributed by atoms with Gasteiger partial charge in [0.1, 0.15) is 5.75 Å². The van der Waals surface area contributed by atoms with Crippen molar-refractivity contribution in [3.63, 3.8) is 0 Å². The van der Waals surface area contributed by atoms with Crippen LogP contribution in [-0.2, 0) is 19.1 Å². The van der Waals surface area contributed by atoms with Gasteiger partial charge in [-0.3, -0.25) is 0 Å². The summed E-state index contributed by atoms with van der Waals surface area (Å²) in [7, 11) is 1.29. The molecule has 0 aromatic heterocycles. The number of ether oxygens (including phenoxy) is 3. The first-order chi connectivity index (χ1) is 12.6. The maximum absolute atomic E-state index is 12.1. The maximum Gasteiger partial charge on any atom is 0.363 e. The van der Waals surface area contributed by atoms with Crippen LogP contribution in [0.1, 0.15) is 11.1 Å². The van der Waals surface area contributed by atoms with Crippen LogP contribution in [0, 0.1) is 0 Å². The van der Waals surface area contributed by atoms with Gasteiger partial charge in [0.25, 0.3) is 0 Å². The minimum absolute atomic E-state index is 0.181. The number of cyclic esters (lactones) is 1. The van der Waals surface area contributed by atoms with Crippen LogP contribution in [-0.4, -0.2) is 31.6 Å². The molecule has 0 N–H and O–H groups in total. The largest absolute Gasteiger partial charge is 0.482 e. The molecule has 26 heavy (non-hydrogen) atoms. The van der Waals surface area contributed by atoms with Gasteiger partial charge in [0.15, 0.2) is 12.3 Å². The fraction of sp³-hybridized carbons (Fsp3) is 0.105. The van der Waals surface area contributed by atoms with E-state index < -0.39 is 11.9 Å². The summed E-state index contributed by atoms with van der Waals surface area (Å²) in [4.78, 5) is 27.5. The van der Waals surface area contributed by atoms with Gasteiger partial charge in [0.05, 0.1) is 12.7 Å². The van der Waals surface area contributed by atoms with E-state index >= 15 is 0 Å². The van der Waals surface area contributed by atoms with E-state index in [1.807, 2.05) is 18.2 Å². The summed E-state index contributed by atoms with van der Waals surface area (Å²) >= 11 is 3.41. The number of carbonyl (C=O) groups excluding carboxylic acids is 2. The molecule has 0 bridgehead atoms. The molecular weight excluding hydrogens is 402 g/mol. The average Bonchev–Trinajstić information content (AvgIpc) is 3.00. The molecule has 6 nitrogen and oxygen atoms in total. The number of methoxy groups -OCH3 is 1. The Bertz CT molecular complexity index is 920. The van der Waals surface area contributed by atoms with Crippen molar-refractivity contribution in [2.75, 3.05) is 13.7 Å². The topological polar surface area (TPSA) is 74.2 Å². The summed E-state index contributed by atoms with van der Waals surface area (Å²) in [6.45, 7) is -0.192. The van der Waals surface area contributed by atoms with Crippen molar-refractivity contribution in [3.05, 3.63) is 69.8 Å². The standard InChI is InChI=1S/C19H14BrNO5/c1-24-17(22)11-25-13-6-4-5-12(9-13)10-16-19(23)26-18(21-16)14-7-2-3-8-15(14)20/h2-10H,11H2,1H3/b16-10-. The van der Waals surface area contributed by atoms with E-state index in [1.54, 1.807) is 36.4 Å². The molecule has 7 heteroatoms. The second-order valence-corrected chi connectivity index (χ2v) is 6.11. The van der Waals surface area contributed by atoms with Crippen molar-refractivity contribution >= 4 is 39.8 Å². The van der Waals surface area contributed by atoms with Crippen molar-refractivity contribution in [3.8, 4) is 5.75 Å². The Morgan fingerprint density at radius 1 is 1.23 bits per heavy atom. The first-order valence-corrected chi connectivity index (χ1v) is 8.43. The monoisotopic (exact) mass is 415 g/mol. The quantitative estimate of drug-likeness (QED) is 0.552. The zero-order valence-corrected chi connectivity index (χ0v) is 15.4. The summed E-state index contributed by atoms with van der Waals surface area (Å²) in [6.07, 6.45) is 1.59. The molecule has 0 atom stereocenters. The summed E-state index contributed by atoms with van der Waals surface area (Å²) in [6, 6.07) is 14.3. The molecule has 1 aliphatic rings. The van der Waals surface area contributed by atoms with Crippen molar-refractivity contribution in [2.45, 2.75) is 0 Å². The molecule has 0 aliphatic carbocycles. The van der Waals surface area contributed by atoms with Gasteiger partial charge in [-0.25, -0.2) is 14.6 Å². The second kappa shape index (κ2) is 7.97. The molecule has 0 radical (unpaired) electrons. The van der Waals surface area contributed by atoms with Crippen LogP contribution in [0.4, 0.5) is 0 Å². The highest BCUT2D eigenvalue weighted by Gasteiger charge is 2.25. The van der Waals surface area contributed by atoms with E-state index in [4.69, 9.17) is 9.47 Å². The van der Waals surface area contributed by atoms with Crippen molar-refractivity contribution in [1.29, 1.82) is 0 Å². The van der Waals surface area contributed by atoms with Gasteiger partial charge in [-0.15, -0.1) is 0 Å². The molecule has 0 unspecified atom stereocenters. The molecule has 2 aromatic rings. The molecule has 1 heterocycles. The predicted molar refractivity (Wildman–Crippen MR) is 98.7 cm³/mol. The Morgan fingerprint density at radius 3 is 2.81 bits per heavy atom. The lowest BCUT2D eigenvalue weighted by Crippen LogP contribution is -2.12. The van der Waals surface area contributed by atoms with E-state index in [9.17, 15) is 9.59 Å². The van der Waals surface area contributed by atoms with Crippen LogP contribution >= 0.6 is 15.9 Å². The highest BCUT2D eigenvalue weighted by atomic mass is 79.9. The van der Waals surface area contributed by atoms with Gasteiger partial charge in [-0.05, 0) is 51.8 Å². The lowest BCUT2D eigenvalue weighted by atomic mass is 10.2. The maximum atomic E-state index is 12.1. The number of esters is 2. The van der Waals surface area contributed by atoms with Gasteiger partial charge < -0.3 is 14.2 Å². The van der Waals surface area contributed by atoms with Gasteiger partial charge in [-0.2, -0.15) is 0 Å². The smallest absolute Gasteiger partial charge is 0.363 e. The molecule has 1 aliphatic heterocycles.